The lowest BCUT2D eigenvalue weighted by atomic mass is 10.1. The van der Waals surface area contributed by atoms with Crippen molar-refractivity contribution in [3.63, 3.8) is 0 Å². The average Bonchev–Trinajstić information content (AvgIpc) is 3.12. The van der Waals surface area contributed by atoms with Gasteiger partial charge < -0.3 is 16.4 Å². The van der Waals surface area contributed by atoms with E-state index < -0.39 is 0 Å². The lowest BCUT2D eigenvalue weighted by Gasteiger charge is -2.07. The number of carbonyl (C=O) groups is 1. The number of fused-ring (bicyclic) bond motifs is 1. The fraction of sp³-hybridized carbons (Fsp3) is 0.350. The van der Waals surface area contributed by atoms with Gasteiger partial charge in [-0.25, -0.2) is 9.50 Å². The summed E-state index contributed by atoms with van der Waals surface area (Å²) in [4.78, 5) is 16.5. The van der Waals surface area contributed by atoms with E-state index in [-0.39, 0.29) is 5.91 Å². The standard InChI is InChI=1S/C20H26N6O/c1-2-3-12-22-18-9-10-19-24-14-17(26(19)25-18)15-5-7-16(8-6-15)20(27)23-13-4-11-21/h5-10,14H,2-4,11-13,21H2,1H3,(H,22,25)(H,23,27). The van der Waals surface area contributed by atoms with Crippen molar-refractivity contribution in [2.75, 3.05) is 25.0 Å². The number of aromatic nitrogens is 3. The zero-order chi connectivity index (χ0) is 19.1. The van der Waals surface area contributed by atoms with E-state index in [9.17, 15) is 4.79 Å². The number of nitrogens with zero attached hydrogens (tertiary/aromatic N) is 3. The van der Waals surface area contributed by atoms with E-state index in [0.717, 1.165) is 48.5 Å². The molecule has 0 unspecified atom stereocenters. The monoisotopic (exact) mass is 366 g/mol. The number of unbranched alkanes of at least 4 members (excludes halogenated alkanes) is 1. The molecule has 3 aromatic rings. The van der Waals surface area contributed by atoms with Gasteiger partial charge in [0.05, 0.1) is 11.9 Å². The van der Waals surface area contributed by atoms with Crippen molar-refractivity contribution in [2.45, 2.75) is 26.2 Å². The number of amides is 1. The number of benzene rings is 1. The zero-order valence-electron chi connectivity index (χ0n) is 15.6. The predicted octanol–water partition coefficient (Wildman–Crippen LogP) is 2.69. The number of anilines is 1. The van der Waals surface area contributed by atoms with Crippen molar-refractivity contribution in [2.24, 2.45) is 5.73 Å². The van der Waals surface area contributed by atoms with E-state index in [0.29, 0.717) is 18.7 Å². The van der Waals surface area contributed by atoms with Crippen LogP contribution in [0, 0.1) is 0 Å². The van der Waals surface area contributed by atoms with Crippen LogP contribution < -0.4 is 16.4 Å². The molecule has 7 heteroatoms. The van der Waals surface area contributed by atoms with Crippen LogP contribution in [0.2, 0.25) is 0 Å². The summed E-state index contributed by atoms with van der Waals surface area (Å²) in [6, 6.07) is 11.4. The normalized spacial score (nSPS) is 10.9. The van der Waals surface area contributed by atoms with Gasteiger partial charge in [0, 0.05) is 24.2 Å². The molecule has 0 aliphatic rings. The highest BCUT2D eigenvalue weighted by molar-refractivity contribution is 5.94. The Morgan fingerprint density at radius 3 is 2.67 bits per heavy atom. The quantitative estimate of drug-likeness (QED) is 0.506. The van der Waals surface area contributed by atoms with Crippen molar-refractivity contribution in [3.05, 3.63) is 48.2 Å². The first kappa shape index (κ1) is 18.8. The number of nitrogens with two attached hydrogens (primary N) is 1. The Bertz CT molecular complexity index is 887. The first-order chi connectivity index (χ1) is 13.2. The minimum absolute atomic E-state index is 0.0892. The molecule has 0 aliphatic heterocycles. The summed E-state index contributed by atoms with van der Waals surface area (Å²) in [5.41, 5.74) is 8.70. The summed E-state index contributed by atoms with van der Waals surface area (Å²) in [5.74, 6) is 0.736. The van der Waals surface area contributed by atoms with Crippen molar-refractivity contribution in [3.8, 4) is 11.3 Å². The lowest BCUT2D eigenvalue weighted by molar-refractivity contribution is 0.0953. The number of imidazole rings is 1. The van der Waals surface area contributed by atoms with Crippen LogP contribution in [0.1, 0.15) is 36.5 Å². The van der Waals surface area contributed by atoms with Crippen LogP contribution in [0.3, 0.4) is 0 Å². The SMILES string of the molecule is CCCCNc1ccc2ncc(-c3ccc(C(=O)NCCCN)cc3)n2n1. The lowest BCUT2D eigenvalue weighted by Crippen LogP contribution is -2.25. The van der Waals surface area contributed by atoms with Crippen LogP contribution in [-0.2, 0) is 0 Å². The van der Waals surface area contributed by atoms with Crippen LogP contribution in [0.5, 0.6) is 0 Å². The maximum atomic E-state index is 12.1. The highest BCUT2D eigenvalue weighted by Crippen LogP contribution is 2.21. The molecule has 27 heavy (non-hydrogen) atoms. The third kappa shape index (κ3) is 4.62. The second kappa shape index (κ2) is 9.14. The van der Waals surface area contributed by atoms with Gasteiger partial charge in [0.25, 0.3) is 5.91 Å². The molecule has 0 fully saturated rings. The molecule has 0 radical (unpaired) electrons. The molecule has 0 spiro atoms. The smallest absolute Gasteiger partial charge is 0.251 e. The fourth-order valence-corrected chi connectivity index (χ4v) is 2.76. The Balaban J connectivity index is 1.78. The van der Waals surface area contributed by atoms with Gasteiger partial charge in [0.1, 0.15) is 5.82 Å². The Labute approximate surface area is 159 Å². The Morgan fingerprint density at radius 2 is 1.93 bits per heavy atom. The maximum Gasteiger partial charge on any atom is 0.251 e. The third-order valence-electron chi connectivity index (χ3n) is 4.31. The van der Waals surface area contributed by atoms with Gasteiger partial charge in [0.2, 0.25) is 0 Å². The van der Waals surface area contributed by atoms with Gasteiger partial charge in [-0.3, -0.25) is 4.79 Å². The zero-order valence-corrected chi connectivity index (χ0v) is 15.6. The molecular formula is C20H26N6O. The largest absolute Gasteiger partial charge is 0.369 e. The molecule has 0 saturated carbocycles. The molecule has 1 amide bonds. The van der Waals surface area contributed by atoms with Crippen molar-refractivity contribution in [1.82, 2.24) is 19.9 Å². The van der Waals surface area contributed by atoms with E-state index in [1.807, 2.05) is 40.9 Å². The molecule has 0 aliphatic carbocycles. The number of rotatable bonds is 9. The molecule has 4 N–H and O–H groups in total. The van der Waals surface area contributed by atoms with Crippen LogP contribution in [0.25, 0.3) is 16.9 Å². The maximum absolute atomic E-state index is 12.1. The molecular weight excluding hydrogens is 340 g/mol. The van der Waals surface area contributed by atoms with Gasteiger partial charge >= 0.3 is 0 Å². The second-order valence-electron chi connectivity index (χ2n) is 6.39. The average molecular weight is 366 g/mol. The van der Waals surface area contributed by atoms with E-state index in [1.54, 1.807) is 6.20 Å². The van der Waals surface area contributed by atoms with Gasteiger partial charge in [-0.15, -0.1) is 5.10 Å². The summed E-state index contributed by atoms with van der Waals surface area (Å²) in [6.45, 7) is 4.21. The van der Waals surface area contributed by atoms with Crippen molar-refractivity contribution < 1.29 is 4.79 Å². The van der Waals surface area contributed by atoms with E-state index in [2.05, 4.69) is 27.6 Å². The molecule has 0 atom stereocenters. The van der Waals surface area contributed by atoms with Crippen LogP contribution >= 0.6 is 0 Å². The Morgan fingerprint density at radius 1 is 1.11 bits per heavy atom. The predicted molar refractivity (Wildman–Crippen MR) is 108 cm³/mol. The van der Waals surface area contributed by atoms with E-state index >= 15 is 0 Å². The molecule has 2 heterocycles. The minimum atomic E-state index is -0.0892. The Hall–Kier alpha value is -2.93. The summed E-state index contributed by atoms with van der Waals surface area (Å²) in [5, 5.41) is 10.8. The number of hydrogen-bond acceptors (Lipinski definition) is 5. The highest BCUT2D eigenvalue weighted by Gasteiger charge is 2.10. The van der Waals surface area contributed by atoms with Crippen LogP contribution in [-0.4, -0.2) is 40.1 Å². The van der Waals surface area contributed by atoms with Gasteiger partial charge in [-0.05, 0) is 43.7 Å². The van der Waals surface area contributed by atoms with Crippen LogP contribution in [0.15, 0.2) is 42.6 Å². The molecule has 7 nitrogen and oxygen atoms in total. The molecule has 0 bridgehead atoms. The Kier molecular flexibility index (Phi) is 6.38. The van der Waals surface area contributed by atoms with Gasteiger partial charge in [-0.1, -0.05) is 25.5 Å². The fourth-order valence-electron chi connectivity index (χ4n) is 2.76. The highest BCUT2D eigenvalue weighted by atomic mass is 16.1. The van der Waals surface area contributed by atoms with Gasteiger partial charge in [0.15, 0.2) is 5.65 Å². The summed E-state index contributed by atoms with van der Waals surface area (Å²) >= 11 is 0. The minimum Gasteiger partial charge on any atom is -0.369 e. The van der Waals surface area contributed by atoms with E-state index in [4.69, 9.17) is 5.73 Å². The van der Waals surface area contributed by atoms with Gasteiger partial charge in [-0.2, -0.15) is 0 Å². The summed E-state index contributed by atoms with van der Waals surface area (Å²) < 4.78 is 1.82. The van der Waals surface area contributed by atoms with Crippen molar-refractivity contribution >= 4 is 17.4 Å². The number of nitrogens with one attached hydrogen (secondary N) is 2. The summed E-state index contributed by atoms with van der Waals surface area (Å²) in [7, 11) is 0. The molecule has 0 saturated heterocycles. The summed E-state index contributed by atoms with van der Waals surface area (Å²) in [6.07, 6.45) is 4.81. The molecule has 142 valence electrons. The number of carbonyl (C=O) groups excluding carboxylic acids is 1. The van der Waals surface area contributed by atoms with E-state index in [1.165, 1.54) is 0 Å². The number of hydrogen-bond donors (Lipinski definition) is 3. The first-order valence-electron chi connectivity index (χ1n) is 9.40. The third-order valence-corrected chi connectivity index (χ3v) is 4.31. The second-order valence-corrected chi connectivity index (χ2v) is 6.39. The molecule has 1 aromatic carbocycles. The first-order valence-corrected chi connectivity index (χ1v) is 9.40. The van der Waals surface area contributed by atoms with Crippen LogP contribution in [0.4, 0.5) is 5.82 Å². The molecule has 3 rings (SSSR count). The topological polar surface area (TPSA) is 97.3 Å². The van der Waals surface area contributed by atoms with Crippen molar-refractivity contribution in [1.29, 1.82) is 0 Å². The molecule has 2 aromatic heterocycles.